The van der Waals surface area contributed by atoms with Crippen LogP contribution >= 0.6 is 0 Å². The van der Waals surface area contributed by atoms with Gasteiger partial charge in [-0.3, -0.25) is 4.79 Å². The lowest BCUT2D eigenvalue weighted by molar-refractivity contribution is -0.133. The van der Waals surface area contributed by atoms with Gasteiger partial charge in [-0.15, -0.1) is 0 Å². The SMILES string of the molecule is COC(CN)CC(=O)N(C)CC(C)(C)c1ccc(C)cc1. The zero-order chi connectivity index (χ0) is 16.0. The van der Waals surface area contributed by atoms with E-state index in [1.807, 2.05) is 7.05 Å². The molecule has 1 aromatic carbocycles. The van der Waals surface area contributed by atoms with Gasteiger partial charge in [0.15, 0.2) is 0 Å². The number of methoxy groups -OCH3 is 1. The molecule has 0 aliphatic rings. The van der Waals surface area contributed by atoms with Crippen molar-refractivity contribution in [1.29, 1.82) is 0 Å². The van der Waals surface area contributed by atoms with Crippen LogP contribution in [-0.2, 0) is 14.9 Å². The molecule has 1 aromatic rings. The highest BCUT2D eigenvalue weighted by molar-refractivity contribution is 5.76. The zero-order valence-electron chi connectivity index (χ0n) is 13.8. The van der Waals surface area contributed by atoms with E-state index >= 15 is 0 Å². The topological polar surface area (TPSA) is 55.6 Å². The molecule has 0 radical (unpaired) electrons. The van der Waals surface area contributed by atoms with Gasteiger partial charge < -0.3 is 15.4 Å². The number of rotatable bonds is 7. The Hall–Kier alpha value is -1.39. The highest BCUT2D eigenvalue weighted by atomic mass is 16.5. The molecular weight excluding hydrogens is 264 g/mol. The molecule has 1 unspecified atom stereocenters. The van der Waals surface area contributed by atoms with Crippen LogP contribution in [0.5, 0.6) is 0 Å². The standard InChI is InChI=1S/C17H28N2O2/c1-13-6-8-14(9-7-13)17(2,3)12-19(4)16(20)10-15(11-18)21-5/h6-9,15H,10-12,18H2,1-5H3. The molecule has 1 amide bonds. The van der Waals surface area contributed by atoms with Crippen LogP contribution in [0.4, 0.5) is 0 Å². The molecule has 1 atom stereocenters. The maximum atomic E-state index is 12.2. The van der Waals surface area contributed by atoms with Crippen LogP contribution in [0.3, 0.4) is 0 Å². The highest BCUT2D eigenvalue weighted by Crippen LogP contribution is 2.24. The van der Waals surface area contributed by atoms with E-state index in [1.54, 1.807) is 12.0 Å². The van der Waals surface area contributed by atoms with E-state index in [1.165, 1.54) is 11.1 Å². The zero-order valence-corrected chi connectivity index (χ0v) is 13.8. The lowest BCUT2D eigenvalue weighted by atomic mass is 9.83. The van der Waals surface area contributed by atoms with Gasteiger partial charge in [0.2, 0.25) is 5.91 Å². The molecule has 0 aliphatic heterocycles. The molecule has 0 fully saturated rings. The van der Waals surface area contributed by atoms with Gasteiger partial charge in [0.1, 0.15) is 0 Å². The molecule has 21 heavy (non-hydrogen) atoms. The van der Waals surface area contributed by atoms with Crippen molar-refractivity contribution in [2.45, 2.75) is 38.7 Å². The highest BCUT2D eigenvalue weighted by Gasteiger charge is 2.25. The second-order valence-electron chi connectivity index (χ2n) is 6.30. The summed E-state index contributed by atoms with van der Waals surface area (Å²) in [4.78, 5) is 14.0. The van der Waals surface area contributed by atoms with Crippen molar-refractivity contribution in [2.24, 2.45) is 5.73 Å². The third-order valence-electron chi connectivity index (χ3n) is 3.89. The Labute approximate surface area is 128 Å². The van der Waals surface area contributed by atoms with Crippen molar-refractivity contribution in [2.75, 3.05) is 27.2 Å². The molecule has 0 heterocycles. The first-order valence-electron chi connectivity index (χ1n) is 7.34. The predicted octanol–water partition coefficient (Wildman–Crippen LogP) is 2.09. The molecule has 0 saturated heterocycles. The fraction of sp³-hybridized carbons (Fsp3) is 0.588. The predicted molar refractivity (Wildman–Crippen MR) is 86.3 cm³/mol. The lowest BCUT2D eigenvalue weighted by Crippen LogP contribution is -2.40. The molecule has 0 aromatic heterocycles. The second kappa shape index (κ2) is 7.57. The van der Waals surface area contributed by atoms with E-state index in [2.05, 4.69) is 45.0 Å². The molecule has 2 N–H and O–H groups in total. The number of hydrogen-bond acceptors (Lipinski definition) is 3. The van der Waals surface area contributed by atoms with Crippen LogP contribution in [0.1, 0.15) is 31.4 Å². The van der Waals surface area contributed by atoms with Crippen LogP contribution in [-0.4, -0.2) is 44.2 Å². The normalized spacial score (nSPS) is 13.0. The van der Waals surface area contributed by atoms with Gasteiger partial charge in [-0.25, -0.2) is 0 Å². The summed E-state index contributed by atoms with van der Waals surface area (Å²) in [7, 11) is 3.42. The Balaban J connectivity index is 2.69. The molecule has 0 bridgehead atoms. The van der Waals surface area contributed by atoms with E-state index in [-0.39, 0.29) is 17.4 Å². The van der Waals surface area contributed by atoms with Crippen molar-refractivity contribution >= 4 is 5.91 Å². The van der Waals surface area contributed by atoms with Crippen LogP contribution in [0, 0.1) is 6.92 Å². The van der Waals surface area contributed by atoms with Gasteiger partial charge in [0, 0.05) is 32.7 Å². The number of carbonyl (C=O) groups is 1. The molecule has 118 valence electrons. The molecule has 0 spiro atoms. The van der Waals surface area contributed by atoms with Gasteiger partial charge >= 0.3 is 0 Å². The minimum absolute atomic E-state index is 0.0625. The first-order chi connectivity index (χ1) is 9.80. The van der Waals surface area contributed by atoms with Crippen molar-refractivity contribution in [1.82, 2.24) is 4.90 Å². The van der Waals surface area contributed by atoms with E-state index in [0.717, 1.165) is 0 Å². The second-order valence-corrected chi connectivity index (χ2v) is 6.30. The molecule has 4 heteroatoms. The van der Waals surface area contributed by atoms with Crippen molar-refractivity contribution in [3.05, 3.63) is 35.4 Å². The van der Waals surface area contributed by atoms with Gasteiger partial charge in [-0.2, -0.15) is 0 Å². The summed E-state index contributed by atoms with van der Waals surface area (Å²) >= 11 is 0. The number of hydrogen-bond donors (Lipinski definition) is 1. The summed E-state index contributed by atoms with van der Waals surface area (Å²) in [6.07, 6.45) is 0.121. The van der Waals surface area contributed by atoms with Crippen LogP contribution in [0.25, 0.3) is 0 Å². The average Bonchev–Trinajstić information content (AvgIpc) is 2.44. The maximum absolute atomic E-state index is 12.2. The third-order valence-corrected chi connectivity index (χ3v) is 3.89. The number of ether oxygens (including phenoxy) is 1. The van der Waals surface area contributed by atoms with E-state index in [0.29, 0.717) is 19.5 Å². The Kier molecular flexibility index (Phi) is 6.37. The first kappa shape index (κ1) is 17.7. The minimum Gasteiger partial charge on any atom is -0.380 e. The Morgan fingerprint density at radius 3 is 2.38 bits per heavy atom. The summed E-state index contributed by atoms with van der Waals surface area (Å²) in [6, 6.07) is 8.47. The van der Waals surface area contributed by atoms with Crippen molar-refractivity contribution in [3.8, 4) is 0 Å². The van der Waals surface area contributed by atoms with Crippen LogP contribution in [0.15, 0.2) is 24.3 Å². The third kappa shape index (κ3) is 5.14. The van der Waals surface area contributed by atoms with Crippen molar-refractivity contribution < 1.29 is 9.53 Å². The summed E-state index contributed by atoms with van der Waals surface area (Å²) in [6.45, 7) is 7.40. The van der Waals surface area contributed by atoms with Gasteiger partial charge in [0.05, 0.1) is 12.5 Å². The largest absolute Gasteiger partial charge is 0.380 e. The smallest absolute Gasteiger partial charge is 0.225 e. The maximum Gasteiger partial charge on any atom is 0.225 e. The average molecular weight is 292 g/mol. The molecule has 4 nitrogen and oxygen atoms in total. The molecule has 0 aliphatic carbocycles. The number of benzene rings is 1. The van der Waals surface area contributed by atoms with Crippen LogP contribution < -0.4 is 5.73 Å². The van der Waals surface area contributed by atoms with Gasteiger partial charge in [-0.05, 0) is 12.5 Å². The number of likely N-dealkylation sites (N-methyl/N-ethyl adjacent to an activating group) is 1. The quantitative estimate of drug-likeness (QED) is 0.837. The van der Waals surface area contributed by atoms with Gasteiger partial charge in [-0.1, -0.05) is 43.7 Å². The number of nitrogens with two attached hydrogens (primary N) is 1. The minimum atomic E-state index is -0.206. The number of nitrogens with zero attached hydrogens (tertiary/aromatic N) is 1. The number of aryl methyl sites for hydroxylation is 1. The number of amides is 1. The fourth-order valence-electron chi connectivity index (χ4n) is 2.39. The fourth-order valence-corrected chi connectivity index (χ4v) is 2.39. The van der Waals surface area contributed by atoms with Crippen molar-refractivity contribution in [3.63, 3.8) is 0 Å². The van der Waals surface area contributed by atoms with Gasteiger partial charge in [0.25, 0.3) is 0 Å². The Morgan fingerprint density at radius 1 is 1.33 bits per heavy atom. The summed E-state index contributed by atoms with van der Waals surface area (Å²) in [5, 5.41) is 0. The van der Waals surface area contributed by atoms with E-state index < -0.39 is 0 Å². The summed E-state index contributed by atoms with van der Waals surface area (Å²) in [5.74, 6) is 0.0625. The summed E-state index contributed by atoms with van der Waals surface area (Å²) < 4.78 is 5.18. The van der Waals surface area contributed by atoms with Crippen LogP contribution in [0.2, 0.25) is 0 Å². The Morgan fingerprint density at radius 2 is 1.90 bits per heavy atom. The monoisotopic (exact) mass is 292 g/mol. The molecular formula is C17H28N2O2. The Bertz CT molecular complexity index is 450. The van der Waals surface area contributed by atoms with E-state index in [4.69, 9.17) is 10.5 Å². The van der Waals surface area contributed by atoms with E-state index in [9.17, 15) is 4.79 Å². The molecule has 0 saturated carbocycles. The lowest BCUT2D eigenvalue weighted by Gasteiger charge is -2.31. The first-order valence-corrected chi connectivity index (χ1v) is 7.34. The number of carbonyl (C=O) groups excluding carboxylic acids is 1. The summed E-state index contributed by atoms with van der Waals surface area (Å²) in [5.41, 5.74) is 7.95. The molecule has 1 rings (SSSR count).